The summed E-state index contributed by atoms with van der Waals surface area (Å²) in [5.41, 5.74) is 2.17. The smallest absolute Gasteiger partial charge is 0.338 e. The summed E-state index contributed by atoms with van der Waals surface area (Å²) in [7, 11) is 0. The lowest BCUT2D eigenvalue weighted by Crippen LogP contribution is -2.07. The molecule has 2 aromatic rings. The number of carbonyl (C=O) groups is 1. The summed E-state index contributed by atoms with van der Waals surface area (Å²) in [6.45, 7) is 5.11. The van der Waals surface area contributed by atoms with Crippen molar-refractivity contribution in [3.05, 3.63) is 81.9 Å². The van der Waals surface area contributed by atoms with E-state index in [1.807, 2.05) is 24.3 Å². The first-order valence-electron chi connectivity index (χ1n) is 6.86. The Bertz CT molecular complexity index is 759. The van der Waals surface area contributed by atoms with Gasteiger partial charge < -0.3 is 4.74 Å². The average molecular weight is 309 g/mol. The van der Waals surface area contributed by atoms with Crippen LogP contribution in [0, 0.1) is 10.1 Å². The zero-order chi connectivity index (χ0) is 16.8. The molecule has 0 heterocycles. The van der Waals surface area contributed by atoms with Gasteiger partial charge in [0.1, 0.15) is 5.75 Å². The third kappa shape index (κ3) is 4.64. The maximum absolute atomic E-state index is 11.4. The summed E-state index contributed by atoms with van der Waals surface area (Å²) >= 11 is 0. The molecule has 5 nitrogen and oxygen atoms in total. The fourth-order valence-corrected chi connectivity index (χ4v) is 1.74. The first-order valence-corrected chi connectivity index (χ1v) is 6.86. The summed E-state index contributed by atoms with van der Waals surface area (Å²) in [4.78, 5) is 21.6. The molecular weight excluding hydrogens is 294 g/mol. The van der Waals surface area contributed by atoms with Gasteiger partial charge in [0.25, 0.3) is 5.69 Å². The van der Waals surface area contributed by atoms with Gasteiger partial charge in [0, 0.05) is 17.7 Å². The van der Waals surface area contributed by atoms with Crippen LogP contribution in [0.15, 0.2) is 60.7 Å². The predicted octanol–water partition coefficient (Wildman–Crippen LogP) is 4.25. The Hall–Kier alpha value is -3.21. The fraction of sp³-hybridized carbons (Fsp3) is 0.0556. The zero-order valence-corrected chi connectivity index (χ0v) is 12.6. The van der Waals surface area contributed by atoms with Gasteiger partial charge >= 0.3 is 5.97 Å². The maximum atomic E-state index is 11.4. The SMILES string of the molecule is C=C(C)C(=O)Oc1ccc(C=Cc2ccc([N+](=O)[O-])cc2)cc1. The largest absolute Gasteiger partial charge is 0.423 e. The van der Waals surface area contributed by atoms with Crippen molar-refractivity contribution in [3.8, 4) is 5.75 Å². The number of nitro benzene ring substituents is 1. The molecule has 0 fully saturated rings. The number of carbonyl (C=O) groups excluding carboxylic acids is 1. The van der Waals surface area contributed by atoms with Gasteiger partial charge in [-0.05, 0) is 42.3 Å². The number of hydrogen-bond acceptors (Lipinski definition) is 4. The van der Waals surface area contributed by atoms with Gasteiger partial charge in [-0.25, -0.2) is 4.79 Å². The lowest BCUT2D eigenvalue weighted by atomic mass is 10.1. The second-order valence-electron chi connectivity index (χ2n) is 4.92. The van der Waals surface area contributed by atoms with E-state index in [1.54, 1.807) is 31.2 Å². The molecule has 5 heteroatoms. The topological polar surface area (TPSA) is 69.4 Å². The fourth-order valence-electron chi connectivity index (χ4n) is 1.74. The molecule has 0 bridgehead atoms. The quantitative estimate of drug-likeness (QED) is 0.207. The Labute approximate surface area is 133 Å². The molecule has 116 valence electrons. The number of esters is 1. The van der Waals surface area contributed by atoms with Crippen molar-refractivity contribution in [2.75, 3.05) is 0 Å². The first kappa shape index (κ1) is 16.2. The van der Waals surface area contributed by atoms with Gasteiger partial charge in [-0.3, -0.25) is 10.1 Å². The van der Waals surface area contributed by atoms with Crippen molar-refractivity contribution in [2.45, 2.75) is 6.92 Å². The minimum atomic E-state index is -0.459. The molecule has 0 aliphatic carbocycles. The van der Waals surface area contributed by atoms with Crippen LogP contribution in [0.1, 0.15) is 18.1 Å². The Morgan fingerprint density at radius 3 is 1.96 bits per heavy atom. The standard InChI is InChI=1S/C18H15NO4/c1-13(2)18(20)23-17-11-7-15(8-12-17)4-3-14-5-9-16(10-6-14)19(21)22/h3-12H,1H2,2H3. The Balaban J connectivity index is 2.04. The van der Waals surface area contributed by atoms with Gasteiger partial charge in [-0.2, -0.15) is 0 Å². The van der Waals surface area contributed by atoms with Crippen molar-refractivity contribution in [2.24, 2.45) is 0 Å². The van der Waals surface area contributed by atoms with Crippen molar-refractivity contribution >= 4 is 23.8 Å². The van der Waals surface area contributed by atoms with Gasteiger partial charge in [0.2, 0.25) is 0 Å². The van der Waals surface area contributed by atoms with Crippen LogP contribution in [0.2, 0.25) is 0 Å². The van der Waals surface area contributed by atoms with Gasteiger partial charge in [-0.15, -0.1) is 0 Å². The minimum Gasteiger partial charge on any atom is -0.423 e. The lowest BCUT2D eigenvalue weighted by molar-refractivity contribution is -0.384. The van der Waals surface area contributed by atoms with E-state index < -0.39 is 10.9 Å². The summed E-state index contributed by atoms with van der Waals surface area (Å²) in [6, 6.07) is 13.3. The molecule has 0 aliphatic heterocycles. The van der Waals surface area contributed by atoms with Crippen molar-refractivity contribution in [1.29, 1.82) is 0 Å². The number of ether oxygens (including phenoxy) is 1. The predicted molar refractivity (Wildman–Crippen MR) is 88.9 cm³/mol. The summed E-state index contributed by atoms with van der Waals surface area (Å²) in [5, 5.41) is 10.6. The molecule has 0 N–H and O–H groups in total. The average Bonchev–Trinajstić information content (AvgIpc) is 2.54. The summed E-state index contributed by atoms with van der Waals surface area (Å²) in [6.07, 6.45) is 3.71. The van der Waals surface area contributed by atoms with E-state index in [4.69, 9.17) is 4.74 Å². The van der Waals surface area contributed by atoms with Crippen LogP contribution in [0.3, 0.4) is 0 Å². The van der Waals surface area contributed by atoms with Gasteiger partial charge in [0.15, 0.2) is 0 Å². The summed E-state index contributed by atoms with van der Waals surface area (Å²) in [5.74, 6) is -0.00958. The highest BCUT2D eigenvalue weighted by atomic mass is 16.6. The molecule has 0 aromatic heterocycles. The monoisotopic (exact) mass is 309 g/mol. The Morgan fingerprint density at radius 1 is 1.04 bits per heavy atom. The third-order valence-electron chi connectivity index (χ3n) is 3.01. The van der Waals surface area contributed by atoms with Crippen LogP contribution >= 0.6 is 0 Å². The van der Waals surface area contributed by atoms with Crippen LogP contribution < -0.4 is 4.74 Å². The third-order valence-corrected chi connectivity index (χ3v) is 3.01. The lowest BCUT2D eigenvalue weighted by Gasteiger charge is -2.03. The molecule has 0 spiro atoms. The first-order chi connectivity index (χ1) is 11.0. The van der Waals surface area contributed by atoms with Crippen molar-refractivity contribution in [3.63, 3.8) is 0 Å². The second kappa shape index (κ2) is 7.17. The zero-order valence-electron chi connectivity index (χ0n) is 12.6. The number of hydrogen-bond donors (Lipinski definition) is 0. The Kier molecular flexibility index (Phi) is 5.04. The van der Waals surface area contributed by atoms with E-state index in [2.05, 4.69) is 6.58 Å². The highest BCUT2D eigenvalue weighted by molar-refractivity contribution is 5.88. The van der Waals surface area contributed by atoms with E-state index in [1.165, 1.54) is 12.1 Å². The maximum Gasteiger partial charge on any atom is 0.338 e. The molecule has 0 radical (unpaired) electrons. The Morgan fingerprint density at radius 2 is 1.52 bits per heavy atom. The van der Waals surface area contributed by atoms with Crippen molar-refractivity contribution in [1.82, 2.24) is 0 Å². The number of benzene rings is 2. The van der Waals surface area contributed by atoms with Crippen LogP contribution in [0.5, 0.6) is 5.75 Å². The molecule has 23 heavy (non-hydrogen) atoms. The minimum absolute atomic E-state index is 0.0610. The van der Waals surface area contributed by atoms with E-state index in [0.717, 1.165) is 11.1 Å². The molecule has 0 saturated heterocycles. The molecular formula is C18H15NO4. The second-order valence-corrected chi connectivity index (χ2v) is 4.92. The normalized spacial score (nSPS) is 10.5. The van der Waals surface area contributed by atoms with Crippen LogP contribution in [-0.4, -0.2) is 10.9 Å². The van der Waals surface area contributed by atoms with E-state index in [9.17, 15) is 14.9 Å². The molecule has 0 unspecified atom stereocenters. The van der Waals surface area contributed by atoms with Crippen LogP contribution in [-0.2, 0) is 4.79 Å². The highest BCUT2D eigenvalue weighted by Gasteiger charge is 2.04. The number of non-ortho nitro benzene ring substituents is 1. The van der Waals surface area contributed by atoms with Crippen molar-refractivity contribution < 1.29 is 14.5 Å². The van der Waals surface area contributed by atoms with E-state index in [-0.39, 0.29) is 5.69 Å². The highest BCUT2D eigenvalue weighted by Crippen LogP contribution is 2.17. The van der Waals surface area contributed by atoms with Crippen LogP contribution in [0.4, 0.5) is 5.69 Å². The molecule has 2 rings (SSSR count). The molecule has 0 saturated carbocycles. The number of rotatable bonds is 5. The van der Waals surface area contributed by atoms with Crippen LogP contribution in [0.25, 0.3) is 12.2 Å². The molecule has 0 atom stereocenters. The van der Waals surface area contributed by atoms with Gasteiger partial charge in [-0.1, -0.05) is 30.9 Å². The van der Waals surface area contributed by atoms with Gasteiger partial charge in [0.05, 0.1) is 4.92 Å². The molecule has 0 amide bonds. The molecule has 2 aromatic carbocycles. The number of nitro groups is 1. The molecule has 0 aliphatic rings. The van der Waals surface area contributed by atoms with E-state index >= 15 is 0 Å². The summed E-state index contributed by atoms with van der Waals surface area (Å²) < 4.78 is 5.10. The van der Waals surface area contributed by atoms with E-state index in [0.29, 0.717) is 11.3 Å². The number of nitrogens with zero attached hydrogens (tertiary/aromatic N) is 1.